The second kappa shape index (κ2) is 36.0. The fraction of sp³-hybridized carbons (Fsp3) is 0.778. The maximum absolute atomic E-state index is 13.0. The van der Waals surface area contributed by atoms with Gasteiger partial charge >= 0.3 is 27.6 Å². The van der Waals surface area contributed by atoms with E-state index in [4.69, 9.17) is 28.3 Å². The molecule has 0 heterocycles. The van der Waals surface area contributed by atoms with Gasteiger partial charge in [0.1, 0.15) is 43.2 Å². The highest BCUT2D eigenvalue weighted by molar-refractivity contribution is 7.47. The van der Waals surface area contributed by atoms with Crippen molar-refractivity contribution in [1.29, 1.82) is 0 Å². The molecule has 0 spiro atoms. The number of carbonyl (C=O) groups excluding carboxylic acids is 2. The van der Waals surface area contributed by atoms with Crippen LogP contribution in [0.5, 0.6) is 0 Å². The van der Waals surface area contributed by atoms with Gasteiger partial charge < -0.3 is 49.7 Å². The minimum absolute atomic E-state index is 0.0482. The number of rotatable bonds is 38. The Hall–Kier alpha value is -2.08. The minimum atomic E-state index is -5.37. The van der Waals surface area contributed by atoms with Crippen LogP contribution in [0, 0.1) is 0 Å². The predicted molar refractivity (Wildman–Crippen MR) is 243 cm³/mol. The summed E-state index contributed by atoms with van der Waals surface area (Å²) in [4.78, 5) is 54.2. The minimum Gasteiger partial charge on any atom is -0.462 e. The van der Waals surface area contributed by atoms with Crippen molar-refractivity contribution < 1.29 is 82.0 Å². The van der Waals surface area contributed by atoms with Crippen LogP contribution < -0.4 is 0 Å². The van der Waals surface area contributed by atoms with E-state index in [-0.39, 0.29) is 12.8 Å². The van der Waals surface area contributed by atoms with Gasteiger partial charge in [0, 0.05) is 12.8 Å². The lowest BCUT2D eigenvalue weighted by Gasteiger charge is -2.43. The largest absolute Gasteiger partial charge is 0.472 e. The van der Waals surface area contributed by atoms with Crippen molar-refractivity contribution in [2.75, 3.05) is 13.2 Å². The number of esters is 2. The lowest BCUT2D eigenvalue weighted by molar-refractivity contribution is -0.216. The lowest BCUT2D eigenvalue weighted by Crippen LogP contribution is -2.64. The fourth-order valence-corrected chi connectivity index (χ4v) is 8.34. The molecule has 0 aromatic carbocycles. The number of phosphoric acid groups is 2. The fourth-order valence-electron chi connectivity index (χ4n) is 6.80. The van der Waals surface area contributed by atoms with E-state index in [1.54, 1.807) is 0 Å². The summed E-state index contributed by atoms with van der Waals surface area (Å²) in [7, 11) is -10.7. The molecule has 0 aromatic heterocycles. The van der Waals surface area contributed by atoms with Gasteiger partial charge in [-0.2, -0.15) is 0 Å². The predicted octanol–water partition coefficient (Wildman–Crippen LogP) is 7.48. The van der Waals surface area contributed by atoms with Crippen LogP contribution in [-0.2, 0) is 41.8 Å². The maximum atomic E-state index is 13.0. The number of carbonyl (C=O) groups is 2. The Morgan fingerprint density at radius 1 is 0.562 bits per heavy atom. The quantitative estimate of drug-likeness (QED) is 0.0129. The highest BCUT2D eigenvalue weighted by Crippen LogP contribution is 2.49. The van der Waals surface area contributed by atoms with Crippen LogP contribution in [-0.4, -0.2) is 114 Å². The third-order valence-electron chi connectivity index (χ3n) is 10.5. The van der Waals surface area contributed by atoms with E-state index >= 15 is 0 Å². The van der Waals surface area contributed by atoms with Gasteiger partial charge in [0.05, 0.1) is 12.7 Å². The number of unbranched alkanes of at least 4 members (excludes halogenated alkanes) is 14. The van der Waals surface area contributed by atoms with Crippen molar-refractivity contribution in [3.8, 4) is 0 Å². The zero-order valence-electron chi connectivity index (χ0n) is 38.1. The number of ether oxygens (including phenoxy) is 2. The molecule has 17 nitrogen and oxygen atoms in total. The molecule has 8 N–H and O–H groups in total. The average molecular weight is 955 g/mol. The average Bonchev–Trinajstić information content (AvgIpc) is 3.24. The van der Waals surface area contributed by atoms with Gasteiger partial charge in [-0.15, -0.1) is 0 Å². The molecule has 0 aromatic rings. The highest BCUT2D eigenvalue weighted by atomic mass is 31.2. The molecule has 9 atom stereocenters. The Morgan fingerprint density at radius 2 is 1.05 bits per heavy atom. The van der Waals surface area contributed by atoms with Crippen LogP contribution in [0.3, 0.4) is 0 Å². The van der Waals surface area contributed by atoms with Crippen LogP contribution in [0.15, 0.2) is 48.6 Å². The standard InChI is InChI=1S/C45H80O17P2/c1-3-5-7-8-9-10-11-12-16-19-22-25-28-32-38(47)58-34-37(35-59-64(56,57)62-45-42(51)40(49)41(50)44(43(45)52)61-63(53,54)55)60-39(48)33-29-26-23-20-17-14-13-15-18-21-24-27-31-36(46)30-6-4-2/h13-14,18,20-21,23,27,31,36-37,40-46,49-52H,3-12,15-17,19,22,24-26,28-30,32-35H2,1-2H3,(H,56,57)(H2,53,54,55)/b14-13-,21-18-,23-20-,31-27-/t36-,37-,40?,41?,42?,43?,44-,45+/m1/s1. The van der Waals surface area contributed by atoms with Crippen molar-refractivity contribution >= 4 is 27.6 Å². The first-order valence-electron chi connectivity index (χ1n) is 23.3. The molecule has 1 saturated carbocycles. The monoisotopic (exact) mass is 954 g/mol. The van der Waals surface area contributed by atoms with E-state index in [1.165, 1.54) is 51.4 Å². The zero-order valence-corrected chi connectivity index (χ0v) is 39.9. The molecule has 0 amide bonds. The molecule has 19 heteroatoms. The molecule has 1 fully saturated rings. The summed E-state index contributed by atoms with van der Waals surface area (Å²) in [6.07, 6.45) is 21.3. The van der Waals surface area contributed by atoms with E-state index in [1.807, 2.05) is 48.6 Å². The topological polar surface area (TPSA) is 276 Å². The van der Waals surface area contributed by atoms with Crippen molar-refractivity contribution in [1.82, 2.24) is 0 Å². The molecule has 0 bridgehead atoms. The van der Waals surface area contributed by atoms with Crippen molar-refractivity contribution in [3.05, 3.63) is 48.6 Å². The molecule has 0 saturated heterocycles. The number of allylic oxidation sites excluding steroid dienone is 7. The summed E-state index contributed by atoms with van der Waals surface area (Å²) in [6.45, 7) is 2.90. The first-order valence-corrected chi connectivity index (χ1v) is 26.3. The first-order chi connectivity index (χ1) is 30.5. The normalized spacial score (nSPS) is 22.7. The van der Waals surface area contributed by atoms with Crippen molar-refractivity contribution in [3.63, 3.8) is 0 Å². The third kappa shape index (κ3) is 30.3. The van der Waals surface area contributed by atoms with Crippen LogP contribution in [0.1, 0.15) is 162 Å². The molecule has 1 rings (SSSR count). The summed E-state index contributed by atoms with van der Waals surface area (Å²) in [6, 6.07) is 0. The first kappa shape index (κ1) is 59.9. The number of phosphoric ester groups is 2. The Balaban J connectivity index is 2.66. The number of hydrogen-bond donors (Lipinski definition) is 8. The van der Waals surface area contributed by atoms with Crippen LogP contribution in [0.25, 0.3) is 0 Å². The molecule has 0 radical (unpaired) electrons. The lowest BCUT2D eigenvalue weighted by atomic mass is 9.85. The molecule has 5 unspecified atom stereocenters. The van der Waals surface area contributed by atoms with Crippen molar-refractivity contribution in [2.24, 2.45) is 0 Å². The van der Waals surface area contributed by atoms with Gasteiger partial charge in [0.15, 0.2) is 6.10 Å². The van der Waals surface area contributed by atoms with E-state index in [0.29, 0.717) is 25.7 Å². The number of aliphatic hydroxyl groups excluding tert-OH is 5. The third-order valence-corrected chi connectivity index (χ3v) is 12.0. The summed E-state index contributed by atoms with van der Waals surface area (Å²) in [5.74, 6) is -1.29. The van der Waals surface area contributed by atoms with Crippen LogP contribution in [0.2, 0.25) is 0 Å². The maximum Gasteiger partial charge on any atom is 0.472 e. The molecular formula is C45H80O17P2. The number of hydrogen-bond acceptors (Lipinski definition) is 14. The molecule has 64 heavy (non-hydrogen) atoms. The SMILES string of the molecule is CCCCCCCCCCCCCCCC(=O)OC[C@H](COP(=O)(O)O[C@H]1C(O)C(O)C(O)[C@@H](OP(=O)(O)O)C1O)OC(=O)CCC/C=C\C/C=C\C/C=C\C/C=C\[C@H](O)CCCC. The van der Waals surface area contributed by atoms with Crippen LogP contribution in [0.4, 0.5) is 0 Å². The van der Waals surface area contributed by atoms with E-state index in [9.17, 15) is 49.1 Å². The molecule has 1 aliphatic rings. The smallest absolute Gasteiger partial charge is 0.462 e. The van der Waals surface area contributed by atoms with Gasteiger partial charge in [-0.3, -0.25) is 23.2 Å². The van der Waals surface area contributed by atoms with Gasteiger partial charge in [0.25, 0.3) is 0 Å². The highest BCUT2D eigenvalue weighted by Gasteiger charge is 2.54. The van der Waals surface area contributed by atoms with E-state index < -0.39 is 89.6 Å². The Morgan fingerprint density at radius 3 is 1.59 bits per heavy atom. The van der Waals surface area contributed by atoms with Gasteiger partial charge in [-0.05, 0) is 44.9 Å². The Kier molecular flexibility index (Phi) is 33.7. The van der Waals surface area contributed by atoms with E-state index in [0.717, 1.165) is 57.8 Å². The number of aliphatic hydroxyl groups is 5. The van der Waals surface area contributed by atoms with Crippen molar-refractivity contribution in [2.45, 2.75) is 210 Å². The molecule has 372 valence electrons. The Labute approximate surface area is 380 Å². The Bertz CT molecular complexity index is 1450. The molecule has 0 aliphatic heterocycles. The van der Waals surface area contributed by atoms with Gasteiger partial charge in [-0.1, -0.05) is 152 Å². The van der Waals surface area contributed by atoms with E-state index in [2.05, 4.69) is 18.4 Å². The van der Waals surface area contributed by atoms with Gasteiger partial charge in [-0.25, -0.2) is 9.13 Å². The summed E-state index contributed by atoms with van der Waals surface area (Å²) in [5.41, 5.74) is 0. The second-order valence-corrected chi connectivity index (χ2v) is 18.9. The summed E-state index contributed by atoms with van der Waals surface area (Å²) < 4.78 is 49.2. The molecule has 1 aliphatic carbocycles. The zero-order chi connectivity index (χ0) is 47.6. The van der Waals surface area contributed by atoms with Crippen LogP contribution >= 0.6 is 15.6 Å². The summed E-state index contributed by atoms with van der Waals surface area (Å²) in [5, 5.41) is 51.0. The van der Waals surface area contributed by atoms with Gasteiger partial charge in [0.2, 0.25) is 0 Å². The second-order valence-electron chi connectivity index (χ2n) is 16.3. The summed E-state index contributed by atoms with van der Waals surface area (Å²) >= 11 is 0. The molecular weight excluding hydrogens is 874 g/mol.